The minimum atomic E-state index is -3.92. The molecule has 0 radical (unpaired) electrons. The first-order valence-electron chi connectivity index (χ1n) is 5.51. The Bertz CT molecular complexity index is 795. The van der Waals surface area contributed by atoms with Gasteiger partial charge in [-0.1, -0.05) is 12.1 Å². The summed E-state index contributed by atoms with van der Waals surface area (Å²) in [7, 11) is -3.92. The molecule has 0 saturated carbocycles. The highest BCUT2D eigenvalue weighted by Crippen LogP contribution is 2.31. The number of anilines is 1. The minimum absolute atomic E-state index is 0.0719. The lowest BCUT2D eigenvalue weighted by Crippen LogP contribution is -2.14. The molecule has 7 heteroatoms. The summed E-state index contributed by atoms with van der Waals surface area (Å²) in [5, 5.41) is 13.9. The second-order valence-electron chi connectivity index (χ2n) is 3.95. The summed E-state index contributed by atoms with van der Waals surface area (Å²) in [5.41, 5.74) is 6.09. The van der Waals surface area contributed by atoms with Crippen molar-refractivity contribution in [1.29, 1.82) is 5.26 Å². The van der Waals surface area contributed by atoms with Crippen molar-refractivity contribution >= 4 is 15.7 Å². The quantitative estimate of drug-likeness (QED) is 0.831. The lowest BCUT2D eigenvalue weighted by Gasteiger charge is -2.11. The molecule has 0 aromatic heterocycles. The van der Waals surface area contributed by atoms with E-state index in [1.807, 2.05) is 6.07 Å². The van der Waals surface area contributed by atoms with Crippen LogP contribution in [0.4, 0.5) is 5.69 Å². The molecule has 6 nitrogen and oxygen atoms in total. The van der Waals surface area contributed by atoms with Gasteiger partial charge in [-0.25, -0.2) is 13.6 Å². The maximum atomic E-state index is 11.4. The van der Waals surface area contributed by atoms with Crippen LogP contribution in [0.1, 0.15) is 5.56 Å². The Morgan fingerprint density at radius 1 is 1.15 bits per heavy atom. The van der Waals surface area contributed by atoms with Crippen LogP contribution < -0.4 is 15.6 Å². The predicted octanol–water partition coefficient (Wildman–Crippen LogP) is 1.58. The van der Waals surface area contributed by atoms with E-state index in [1.54, 1.807) is 18.2 Å². The molecule has 4 N–H and O–H groups in total. The third kappa shape index (κ3) is 2.88. The first-order chi connectivity index (χ1) is 9.41. The number of primary sulfonamides is 1. The molecule has 0 aliphatic rings. The summed E-state index contributed by atoms with van der Waals surface area (Å²) in [6.07, 6.45) is 0. The van der Waals surface area contributed by atoms with Crippen molar-refractivity contribution in [2.24, 2.45) is 5.14 Å². The second-order valence-corrected chi connectivity index (χ2v) is 5.48. The molecule has 0 bridgehead atoms. The Hall–Kier alpha value is -2.56. The van der Waals surface area contributed by atoms with Crippen LogP contribution in [0.15, 0.2) is 47.4 Å². The molecule has 0 aliphatic heterocycles. The Labute approximate surface area is 116 Å². The van der Waals surface area contributed by atoms with Crippen LogP contribution in [0.3, 0.4) is 0 Å². The predicted molar refractivity (Wildman–Crippen MR) is 73.5 cm³/mol. The molecule has 0 amide bonds. The number of benzene rings is 2. The van der Waals surface area contributed by atoms with Gasteiger partial charge in [-0.3, -0.25) is 0 Å². The van der Waals surface area contributed by atoms with E-state index in [0.29, 0.717) is 11.3 Å². The summed E-state index contributed by atoms with van der Waals surface area (Å²) < 4.78 is 28.2. The van der Waals surface area contributed by atoms with Crippen molar-refractivity contribution in [1.82, 2.24) is 0 Å². The number of ether oxygens (including phenoxy) is 1. The highest BCUT2D eigenvalue weighted by Gasteiger charge is 2.15. The molecular formula is C13H11N3O3S. The highest BCUT2D eigenvalue weighted by atomic mass is 32.2. The van der Waals surface area contributed by atoms with Crippen molar-refractivity contribution in [2.45, 2.75) is 4.90 Å². The molecule has 0 aliphatic carbocycles. The molecule has 102 valence electrons. The number of nitrogens with two attached hydrogens (primary N) is 2. The third-order valence-corrected chi connectivity index (χ3v) is 3.49. The van der Waals surface area contributed by atoms with Crippen molar-refractivity contribution in [3.63, 3.8) is 0 Å². The van der Waals surface area contributed by atoms with E-state index in [-0.39, 0.29) is 16.3 Å². The number of sulfonamides is 1. The standard InChI is InChI=1S/C13H11N3O3S/c14-8-9-3-1-4-10(7-9)19-11-5-2-6-12(13(11)15)20(16,17)18/h1-7H,15H2,(H2,16,17,18). The van der Waals surface area contributed by atoms with E-state index in [0.717, 1.165) is 0 Å². The van der Waals surface area contributed by atoms with Crippen molar-refractivity contribution < 1.29 is 13.2 Å². The monoisotopic (exact) mass is 289 g/mol. The molecule has 0 atom stereocenters. The number of nitriles is 1. The summed E-state index contributed by atoms with van der Waals surface area (Å²) in [5.74, 6) is 0.536. The van der Waals surface area contributed by atoms with Gasteiger partial charge in [-0.2, -0.15) is 5.26 Å². The van der Waals surface area contributed by atoms with Crippen LogP contribution in [0.5, 0.6) is 11.5 Å². The third-order valence-electron chi connectivity index (χ3n) is 2.52. The van der Waals surface area contributed by atoms with Crippen LogP contribution in [-0.2, 0) is 10.0 Å². The van der Waals surface area contributed by atoms with Crippen LogP contribution in [0.25, 0.3) is 0 Å². The van der Waals surface area contributed by atoms with Crippen LogP contribution in [-0.4, -0.2) is 8.42 Å². The molecule has 2 rings (SSSR count). The first-order valence-corrected chi connectivity index (χ1v) is 7.06. The molecule has 0 unspecified atom stereocenters. The molecule has 2 aromatic rings. The number of para-hydroxylation sites is 1. The van der Waals surface area contributed by atoms with E-state index in [1.165, 1.54) is 24.3 Å². The Morgan fingerprint density at radius 2 is 1.85 bits per heavy atom. The summed E-state index contributed by atoms with van der Waals surface area (Å²) in [6.45, 7) is 0. The molecule has 0 fully saturated rings. The number of hydrogen-bond acceptors (Lipinski definition) is 5. The van der Waals surface area contributed by atoms with Crippen LogP contribution in [0, 0.1) is 11.3 Å². The minimum Gasteiger partial charge on any atom is -0.455 e. The largest absolute Gasteiger partial charge is 0.455 e. The highest BCUT2D eigenvalue weighted by molar-refractivity contribution is 7.89. The maximum absolute atomic E-state index is 11.4. The van der Waals surface area contributed by atoms with Gasteiger partial charge in [0.05, 0.1) is 17.3 Å². The SMILES string of the molecule is N#Cc1cccc(Oc2cccc(S(N)(=O)=O)c2N)c1. The van der Waals surface area contributed by atoms with Gasteiger partial charge < -0.3 is 10.5 Å². The maximum Gasteiger partial charge on any atom is 0.240 e. The first kappa shape index (κ1) is 13.9. The van der Waals surface area contributed by atoms with Crippen molar-refractivity contribution in [2.75, 3.05) is 5.73 Å². The zero-order valence-electron chi connectivity index (χ0n) is 10.3. The van der Waals surface area contributed by atoms with Gasteiger partial charge in [-0.05, 0) is 30.3 Å². The van der Waals surface area contributed by atoms with Crippen LogP contribution in [0.2, 0.25) is 0 Å². The van der Waals surface area contributed by atoms with Gasteiger partial charge in [0.25, 0.3) is 0 Å². The van der Waals surface area contributed by atoms with E-state index in [9.17, 15) is 8.42 Å². The fourth-order valence-corrected chi connectivity index (χ4v) is 2.29. The van der Waals surface area contributed by atoms with E-state index < -0.39 is 10.0 Å². The second kappa shape index (κ2) is 5.21. The molecule has 0 spiro atoms. The van der Waals surface area contributed by atoms with Gasteiger partial charge in [-0.15, -0.1) is 0 Å². The van der Waals surface area contributed by atoms with Gasteiger partial charge in [0.1, 0.15) is 10.6 Å². The number of rotatable bonds is 3. The van der Waals surface area contributed by atoms with Gasteiger partial charge in [0.2, 0.25) is 10.0 Å². The number of nitrogen functional groups attached to an aromatic ring is 1. The van der Waals surface area contributed by atoms with E-state index >= 15 is 0 Å². The Morgan fingerprint density at radius 3 is 2.50 bits per heavy atom. The number of nitrogens with zero attached hydrogens (tertiary/aromatic N) is 1. The normalized spacial score (nSPS) is 10.8. The summed E-state index contributed by atoms with van der Waals surface area (Å²) in [6, 6.07) is 12.7. The summed E-state index contributed by atoms with van der Waals surface area (Å²) >= 11 is 0. The summed E-state index contributed by atoms with van der Waals surface area (Å²) in [4.78, 5) is -0.202. The molecule has 0 heterocycles. The van der Waals surface area contributed by atoms with Gasteiger partial charge >= 0.3 is 0 Å². The zero-order valence-corrected chi connectivity index (χ0v) is 11.1. The average molecular weight is 289 g/mol. The fourth-order valence-electron chi connectivity index (χ4n) is 1.62. The van der Waals surface area contributed by atoms with Gasteiger partial charge in [0, 0.05) is 0 Å². The number of hydrogen-bond donors (Lipinski definition) is 2. The molecule has 2 aromatic carbocycles. The van der Waals surface area contributed by atoms with Crippen molar-refractivity contribution in [3.05, 3.63) is 48.0 Å². The molecule has 0 saturated heterocycles. The smallest absolute Gasteiger partial charge is 0.240 e. The topological polar surface area (TPSA) is 119 Å². The lowest BCUT2D eigenvalue weighted by atomic mass is 10.2. The van der Waals surface area contributed by atoms with Gasteiger partial charge in [0.15, 0.2) is 5.75 Å². The van der Waals surface area contributed by atoms with E-state index in [4.69, 9.17) is 20.9 Å². The van der Waals surface area contributed by atoms with Crippen LogP contribution >= 0.6 is 0 Å². The van der Waals surface area contributed by atoms with E-state index in [2.05, 4.69) is 0 Å². The van der Waals surface area contributed by atoms with Crippen molar-refractivity contribution in [3.8, 4) is 17.6 Å². The Kier molecular flexibility index (Phi) is 3.61. The molecular weight excluding hydrogens is 278 g/mol. The fraction of sp³-hybridized carbons (Fsp3) is 0. The lowest BCUT2D eigenvalue weighted by molar-refractivity contribution is 0.483. The average Bonchev–Trinajstić information content (AvgIpc) is 2.40. The molecule has 20 heavy (non-hydrogen) atoms. The zero-order chi connectivity index (χ0) is 14.8. The Balaban J connectivity index is 2.42.